The van der Waals surface area contributed by atoms with Gasteiger partial charge in [0.15, 0.2) is 0 Å². The van der Waals surface area contributed by atoms with E-state index in [2.05, 4.69) is 52.4 Å². The lowest BCUT2D eigenvalue weighted by molar-refractivity contribution is -0.143. The Balaban J connectivity index is 1.49. The first-order valence-corrected chi connectivity index (χ1v) is 10.9. The van der Waals surface area contributed by atoms with Crippen molar-refractivity contribution < 1.29 is 4.79 Å². The topological polar surface area (TPSA) is 29.1 Å². The zero-order valence-electron chi connectivity index (χ0n) is 15.8. The number of halogens is 1. The Hall–Kier alpha value is -1.61. The van der Waals surface area contributed by atoms with Crippen molar-refractivity contribution in [3.8, 4) is 0 Å². The molecule has 4 bridgehead atoms. The maximum Gasteiger partial charge on any atom is 0.230 e. The van der Waals surface area contributed by atoms with Gasteiger partial charge in [0.25, 0.3) is 0 Å². The van der Waals surface area contributed by atoms with Crippen LogP contribution in [0.25, 0.3) is 0 Å². The van der Waals surface area contributed by atoms with Crippen LogP contribution >= 0.6 is 15.9 Å². The van der Waals surface area contributed by atoms with Gasteiger partial charge in [-0.25, -0.2) is 0 Å². The summed E-state index contributed by atoms with van der Waals surface area (Å²) in [5, 5.41) is 3.26. The first-order valence-electron chi connectivity index (χ1n) is 10.1. The summed E-state index contributed by atoms with van der Waals surface area (Å²) in [7, 11) is 0. The number of hydrogen-bond acceptors (Lipinski definition) is 1. The Bertz CT molecular complexity index is 874. The minimum absolute atomic E-state index is 0.197. The second-order valence-corrected chi connectivity index (χ2v) is 10.2. The molecule has 6 rings (SSSR count). The third kappa shape index (κ3) is 2.86. The van der Waals surface area contributed by atoms with Crippen molar-refractivity contribution >= 4 is 27.5 Å². The second-order valence-electron chi connectivity index (χ2n) is 9.32. The van der Waals surface area contributed by atoms with Crippen LogP contribution in [0.15, 0.2) is 53.0 Å². The normalized spacial score (nSPS) is 33.9. The van der Waals surface area contributed by atoms with Gasteiger partial charge in [0, 0.05) is 4.47 Å². The van der Waals surface area contributed by atoms with Gasteiger partial charge in [-0.15, -0.1) is 0 Å². The van der Waals surface area contributed by atoms with Gasteiger partial charge in [0.1, 0.15) is 0 Å². The molecule has 140 valence electrons. The molecular weight excluding hydrogens is 398 g/mol. The number of rotatable bonds is 3. The summed E-state index contributed by atoms with van der Waals surface area (Å²) in [4.78, 5) is 13.5. The zero-order valence-corrected chi connectivity index (χ0v) is 17.4. The first-order chi connectivity index (χ1) is 13.0. The molecule has 2 nitrogen and oxygen atoms in total. The molecule has 0 unspecified atom stereocenters. The lowest BCUT2D eigenvalue weighted by Gasteiger charge is -2.61. The van der Waals surface area contributed by atoms with E-state index in [9.17, 15) is 4.79 Å². The number of carbonyl (C=O) groups excluding carboxylic acids is 1. The summed E-state index contributed by atoms with van der Waals surface area (Å²) in [5.41, 5.74) is 3.65. The minimum Gasteiger partial charge on any atom is -0.325 e. The minimum atomic E-state index is -0.204. The Morgan fingerprint density at radius 1 is 1.00 bits per heavy atom. The van der Waals surface area contributed by atoms with Crippen molar-refractivity contribution in [3.05, 3.63) is 64.1 Å². The molecule has 3 heteroatoms. The van der Waals surface area contributed by atoms with Gasteiger partial charge >= 0.3 is 0 Å². The third-order valence-electron chi connectivity index (χ3n) is 7.33. The number of hydrogen-bond donors (Lipinski definition) is 1. The lowest BCUT2D eigenvalue weighted by Crippen LogP contribution is -2.58. The molecule has 0 aromatic heterocycles. The Morgan fingerprint density at radius 2 is 1.67 bits per heavy atom. The summed E-state index contributed by atoms with van der Waals surface area (Å²) in [6.07, 6.45) is 6.97. The number of nitrogens with one attached hydrogen (secondary N) is 1. The van der Waals surface area contributed by atoms with Crippen LogP contribution in [0.5, 0.6) is 0 Å². The van der Waals surface area contributed by atoms with Crippen LogP contribution in [-0.4, -0.2) is 5.91 Å². The van der Waals surface area contributed by atoms with Crippen LogP contribution in [0.1, 0.15) is 49.7 Å². The number of benzene rings is 2. The molecule has 4 saturated carbocycles. The van der Waals surface area contributed by atoms with E-state index in [1.807, 2.05) is 24.3 Å². The Labute approximate surface area is 169 Å². The maximum atomic E-state index is 13.5. The molecule has 0 radical (unpaired) electrons. The summed E-state index contributed by atoms with van der Waals surface area (Å²) in [6, 6.07) is 17.1. The van der Waals surface area contributed by atoms with Gasteiger partial charge in [-0.05, 0) is 96.3 Å². The summed E-state index contributed by atoms with van der Waals surface area (Å²) >= 11 is 3.57. The summed E-state index contributed by atoms with van der Waals surface area (Å²) < 4.78 is 0.955. The standard InChI is InChI=1S/C24H26BrNO/c1-16-6-8-19(9-7-16)23-11-17-10-18(12-23)14-24(13-17,15-23)22(27)26-21-5-3-2-4-20(21)25/h2-9,17-18H,10-15H2,1H3,(H,26,27)/t17-,18-,23?,24?/m1/s1. The van der Waals surface area contributed by atoms with Gasteiger partial charge < -0.3 is 5.32 Å². The van der Waals surface area contributed by atoms with Crippen LogP contribution in [-0.2, 0) is 10.2 Å². The third-order valence-corrected chi connectivity index (χ3v) is 8.02. The molecule has 4 fully saturated rings. The average Bonchev–Trinajstić information content (AvgIpc) is 2.63. The molecule has 1 amide bonds. The van der Waals surface area contributed by atoms with Crippen LogP contribution in [0, 0.1) is 24.2 Å². The highest BCUT2D eigenvalue weighted by molar-refractivity contribution is 9.10. The average molecular weight is 424 g/mol. The van der Waals surface area contributed by atoms with E-state index in [1.165, 1.54) is 30.4 Å². The van der Waals surface area contributed by atoms with Crippen molar-refractivity contribution in [1.82, 2.24) is 0 Å². The number of anilines is 1. The highest BCUT2D eigenvalue weighted by atomic mass is 79.9. The molecule has 4 aliphatic rings. The maximum absolute atomic E-state index is 13.5. The zero-order chi connectivity index (χ0) is 18.6. The van der Waals surface area contributed by atoms with Crippen LogP contribution in [0.2, 0.25) is 0 Å². The largest absolute Gasteiger partial charge is 0.325 e. The van der Waals surface area contributed by atoms with E-state index in [0.29, 0.717) is 11.8 Å². The van der Waals surface area contributed by atoms with Gasteiger partial charge in [-0.2, -0.15) is 0 Å². The summed E-state index contributed by atoms with van der Waals surface area (Å²) in [6.45, 7) is 2.15. The molecule has 1 N–H and O–H groups in total. The second kappa shape index (κ2) is 6.20. The van der Waals surface area contributed by atoms with Crippen molar-refractivity contribution in [2.24, 2.45) is 17.3 Å². The fourth-order valence-corrected chi connectivity index (χ4v) is 6.97. The quantitative estimate of drug-likeness (QED) is 0.622. The highest BCUT2D eigenvalue weighted by Gasteiger charge is 2.60. The molecule has 2 atom stereocenters. The van der Waals surface area contributed by atoms with E-state index >= 15 is 0 Å². The Kier molecular flexibility index (Phi) is 4.02. The van der Waals surface area contributed by atoms with Crippen molar-refractivity contribution in [1.29, 1.82) is 0 Å². The number of amides is 1. The van der Waals surface area contributed by atoms with Gasteiger partial charge in [-0.1, -0.05) is 42.0 Å². The molecule has 4 aliphatic carbocycles. The molecule has 27 heavy (non-hydrogen) atoms. The first kappa shape index (κ1) is 17.5. The molecule has 2 aromatic carbocycles. The van der Waals surface area contributed by atoms with Gasteiger partial charge in [0.2, 0.25) is 5.91 Å². The number of aryl methyl sites for hydroxylation is 1. The summed E-state index contributed by atoms with van der Waals surface area (Å²) in [5.74, 6) is 1.62. The molecular formula is C24H26BrNO. The molecule has 0 heterocycles. The predicted octanol–water partition coefficient (Wildman–Crippen LogP) is 6.23. The van der Waals surface area contributed by atoms with E-state index in [4.69, 9.17) is 0 Å². The van der Waals surface area contributed by atoms with E-state index < -0.39 is 0 Å². The molecule has 0 spiro atoms. The number of para-hydroxylation sites is 1. The van der Waals surface area contributed by atoms with Gasteiger partial charge in [0.05, 0.1) is 11.1 Å². The number of carbonyl (C=O) groups is 1. The van der Waals surface area contributed by atoms with Crippen molar-refractivity contribution in [2.75, 3.05) is 5.32 Å². The SMILES string of the molecule is Cc1ccc(C23C[C@H]4C[C@@H](CC(C(=O)Nc5ccccc5Br)(C4)C2)C3)cc1. The smallest absolute Gasteiger partial charge is 0.230 e. The molecule has 0 aliphatic heterocycles. The van der Waals surface area contributed by atoms with Gasteiger partial charge in [-0.3, -0.25) is 4.79 Å². The fourth-order valence-electron chi connectivity index (χ4n) is 6.59. The van der Waals surface area contributed by atoms with Crippen LogP contribution < -0.4 is 5.32 Å². The van der Waals surface area contributed by atoms with Crippen LogP contribution in [0.4, 0.5) is 5.69 Å². The van der Waals surface area contributed by atoms with Crippen LogP contribution in [0.3, 0.4) is 0 Å². The lowest BCUT2D eigenvalue weighted by atomic mass is 9.42. The molecule has 0 saturated heterocycles. The molecule has 2 aromatic rings. The van der Waals surface area contributed by atoms with E-state index in [0.717, 1.165) is 29.4 Å². The Morgan fingerprint density at radius 3 is 2.33 bits per heavy atom. The van der Waals surface area contributed by atoms with Crippen molar-refractivity contribution in [3.63, 3.8) is 0 Å². The fraction of sp³-hybridized carbons (Fsp3) is 0.458. The highest BCUT2D eigenvalue weighted by Crippen LogP contribution is 2.66. The van der Waals surface area contributed by atoms with E-state index in [-0.39, 0.29) is 16.7 Å². The monoisotopic (exact) mass is 423 g/mol. The van der Waals surface area contributed by atoms with Crippen molar-refractivity contribution in [2.45, 2.75) is 50.9 Å². The van der Waals surface area contributed by atoms with E-state index in [1.54, 1.807) is 0 Å². The predicted molar refractivity (Wildman–Crippen MR) is 113 cm³/mol.